The summed E-state index contributed by atoms with van der Waals surface area (Å²) in [5, 5.41) is 11.6. The summed E-state index contributed by atoms with van der Waals surface area (Å²) in [7, 11) is 0. The number of nitrogen functional groups attached to an aromatic ring is 1. The molecule has 90 valence electrons. The summed E-state index contributed by atoms with van der Waals surface area (Å²) in [6, 6.07) is 1.70. The second-order valence-corrected chi connectivity index (χ2v) is 3.46. The first-order valence-corrected chi connectivity index (χ1v) is 5.22. The number of aliphatic hydroxyl groups is 1. The predicted molar refractivity (Wildman–Crippen MR) is 64.8 cm³/mol. The van der Waals surface area contributed by atoms with Crippen LogP contribution < -0.4 is 11.1 Å². The van der Waals surface area contributed by atoms with Crippen LogP contribution in [0.15, 0.2) is 12.3 Å². The number of carbonyl (C=O) groups excluding carboxylic acids is 1. The standard InChI is InChI=1S/C12H15N3O2/c1-9(17)14-5-3-2-4-10-6-11(8-16)12(13)15-7-10/h6-7,16H,3,5,8H2,1H3,(H2,13,15)(H,14,17). The van der Waals surface area contributed by atoms with Crippen LogP contribution in [0.2, 0.25) is 0 Å². The number of nitrogens with one attached hydrogen (secondary N) is 1. The number of hydrogen-bond acceptors (Lipinski definition) is 4. The van der Waals surface area contributed by atoms with Crippen LogP contribution >= 0.6 is 0 Å². The number of pyridine rings is 1. The Hall–Kier alpha value is -2.06. The van der Waals surface area contributed by atoms with Gasteiger partial charge in [0, 0.05) is 37.2 Å². The van der Waals surface area contributed by atoms with Crippen molar-refractivity contribution in [2.75, 3.05) is 12.3 Å². The molecule has 5 heteroatoms. The van der Waals surface area contributed by atoms with Crippen molar-refractivity contribution in [2.24, 2.45) is 0 Å². The summed E-state index contributed by atoms with van der Waals surface area (Å²) in [4.78, 5) is 14.5. The van der Waals surface area contributed by atoms with Crippen molar-refractivity contribution >= 4 is 11.7 Å². The summed E-state index contributed by atoms with van der Waals surface area (Å²) < 4.78 is 0. The molecule has 0 aliphatic heterocycles. The lowest BCUT2D eigenvalue weighted by atomic mass is 10.2. The van der Waals surface area contributed by atoms with Gasteiger partial charge in [-0.15, -0.1) is 0 Å². The lowest BCUT2D eigenvalue weighted by Gasteiger charge is -2.00. The Morgan fingerprint density at radius 3 is 3.06 bits per heavy atom. The Labute approximate surface area is 100 Å². The fourth-order valence-corrected chi connectivity index (χ4v) is 1.18. The third-order valence-corrected chi connectivity index (χ3v) is 2.03. The number of nitrogens with two attached hydrogens (primary N) is 1. The number of nitrogens with zero attached hydrogens (tertiary/aromatic N) is 1. The molecule has 0 fully saturated rings. The monoisotopic (exact) mass is 233 g/mol. The first-order valence-electron chi connectivity index (χ1n) is 5.22. The zero-order valence-corrected chi connectivity index (χ0v) is 9.66. The van der Waals surface area contributed by atoms with Crippen LogP contribution in [0.3, 0.4) is 0 Å². The van der Waals surface area contributed by atoms with E-state index in [9.17, 15) is 4.79 Å². The molecule has 5 nitrogen and oxygen atoms in total. The van der Waals surface area contributed by atoms with E-state index in [4.69, 9.17) is 10.8 Å². The van der Waals surface area contributed by atoms with Gasteiger partial charge in [0.05, 0.1) is 6.61 Å². The molecule has 0 unspecified atom stereocenters. The lowest BCUT2D eigenvalue weighted by Crippen LogP contribution is -2.20. The second kappa shape index (κ2) is 6.51. The highest BCUT2D eigenvalue weighted by Crippen LogP contribution is 2.09. The molecule has 1 aromatic rings. The van der Waals surface area contributed by atoms with E-state index in [2.05, 4.69) is 22.1 Å². The zero-order chi connectivity index (χ0) is 12.7. The van der Waals surface area contributed by atoms with E-state index >= 15 is 0 Å². The largest absolute Gasteiger partial charge is 0.392 e. The SMILES string of the molecule is CC(=O)NCCC#Cc1cnc(N)c(CO)c1. The molecular weight excluding hydrogens is 218 g/mol. The molecule has 1 rings (SSSR count). The molecule has 0 atom stereocenters. The van der Waals surface area contributed by atoms with E-state index in [0.29, 0.717) is 29.9 Å². The Morgan fingerprint density at radius 1 is 1.65 bits per heavy atom. The van der Waals surface area contributed by atoms with Crippen LogP contribution in [0.4, 0.5) is 5.82 Å². The summed E-state index contributed by atoms with van der Waals surface area (Å²) >= 11 is 0. The predicted octanol–water partition coefficient (Wildman–Crippen LogP) is 0.0338. The van der Waals surface area contributed by atoms with Crippen LogP contribution in [0.25, 0.3) is 0 Å². The van der Waals surface area contributed by atoms with Crippen LogP contribution in [-0.4, -0.2) is 22.5 Å². The first kappa shape index (κ1) is 13.0. The van der Waals surface area contributed by atoms with Gasteiger partial charge in [-0.2, -0.15) is 0 Å². The molecule has 0 spiro atoms. The van der Waals surface area contributed by atoms with Gasteiger partial charge in [-0.3, -0.25) is 4.79 Å². The Balaban J connectivity index is 2.57. The molecular formula is C12H15N3O2. The molecule has 17 heavy (non-hydrogen) atoms. The van der Waals surface area contributed by atoms with Crippen LogP contribution in [0, 0.1) is 11.8 Å². The first-order chi connectivity index (χ1) is 8.13. The van der Waals surface area contributed by atoms with Crippen molar-refractivity contribution in [1.29, 1.82) is 0 Å². The minimum absolute atomic E-state index is 0.0662. The van der Waals surface area contributed by atoms with E-state index in [0.717, 1.165) is 0 Å². The number of rotatable bonds is 3. The number of hydrogen-bond donors (Lipinski definition) is 3. The van der Waals surface area contributed by atoms with E-state index < -0.39 is 0 Å². The topological polar surface area (TPSA) is 88.2 Å². The molecule has 0 radical (unpaired) electrons. The number of anilines is 1. The van der Waals surface area contributed by atoms with Gasteiger partial charge in [0.1, 0.15) is 5.82 Å². The molecule has 1 amide bonds. The van der Waals surface area contributed by atoms with Gasteiger partial charge in [-0.25, -0.2) is 4.98 Å². The van der Waals surface area contributed by atoms with Crippen LogP contribution in [0.5, 0.6) is 0 Å². The fraction of sp³-hybridized carbons (Fsp3) is 0.333. The molecule has 1 aromatic heterocycles. The molecule has 0 aliphatic carbocycles. The van der Waals surface area contributed by atoms with Crippen LogP contribution in [0.1, 0.15) is 24.5 Å². The number of carbonyl (C=O) groups is 1. The van der Waals surface area contributed by atoms with Crippen LogP contribution in [-0.2, 0) is 11.4 Å². The van der Waals surface area contributed by atoms with Crippen molar-refractivity contribution in [3.05, 3.63) is 23.4 Å². The Kier molecular flexibility index (Phi) is 4.98. The third kappa shape index (κ3) is 4.53. The van der Waals surface area contributed by atoms with Crippen molar-refractivity contribution in [3.63, 3.8) is 0 Å². The minimum Gasteiger partial charge on any atom is -0.392 e. The summed E-state index contributed by atoms with van der Waals surface area (Å²) in [6.07, 6.45) is 2.12. The van der Waals surface area contributed by atoms with E-state index in [1.165, 1.54) is 6.92 Å². The van der Waals surface area contributed by atoms with E-state index in [-0.39, 0.29) is 12.5 Å². The molecule has 4 N–H and O–H groups in total. The van der Waals surface area contributed by atoms with Gasteiger partial charge >= 0.3 is 0 Å². The quantitative estimate of drug-likeness (QED) is 0.508. The molecule has 0 saturated heterocycles. The van der Waals surface area contributed by atoms with Crippen molar-refractivity contribution in [1.82, 2.24) is 10.3 Å². The summed E-state index contributed by atoms with van der Waals surface area (Å²) in [5.74, 6) is 6.04. The fourth-order valence-electron chi connectivity index (χ4n) is 1.18. The second-order valence-electron chi connectivity index (χ2n) is 3.46. The number of aliphatic hydroxyl groups excluding tert-OH is 1. The summed E-state index contributed by atoms with van der Waals surface area (Å²) in [5.41, 5.74) is 6.81. The van der Waals surface area contributed by atoms with Gasteiger partial charge in [0.15, 0.2) is 0 Å². The van der Waals surface area contributed by atoms with Gasteiger partial charge in [0.2, 0.25) is 5.91 Å². The van der Waals surface area contributed by atoms with E-state index in [1.807, 2.05) is 0 Å². The smallest absolute Gasteiger partial charge is 0.216 e. The molecule has 0 bridgehead atoms. The molecule has 1 heterocycles. The highest BCUT2D eigenvalue weighted by atomic mass is 16.3. The maximum absolute atomic E-state index is 10.6. The maximum atomic E-state index is 10.6. The van der Waals surface area contributed by atoms with Crippen molar-refractivity contribution in [2.45, 2.75) is 20.0 Å². The Bertz CT molecular complexity index is 461. The highest BCUT2D eigenvalue weighted by molar-refractivity contribution is 5.72. The highest BCUT2D eigenvalue weighted by Gasteiger charge is 1.99. The average Bonchev–Trinajstić information content (AvgIpc) is 2.30. The maximum Gasteiger partial charge on any atom is 0.216 e. The normalized spacial score (nSPS) is 9.29. The van der Waals surface area contributed by atoms with Crippen molar-refractivity contribution in [3.8, 4) is 11.8 Å². The van der Waals surface area contributed by atoms with Gasteiger partial charge in [-0.1, -0.05) is 11.8 Å². The molecule has 0 saturated carbocycles. The average molecular weight is 233 g/mol. The number of aromatic nitrogens is 1. The van der Waals surface area contributed by atoms with Crippen molar-refractivity contribution < 1.29 is 9.90 Å². The van der Waals surface area contributed by atoms with Gasteiger partial charge in [-0.05, 0) is 6.07 Å². The Morgan fingerprint density at radius 2 is 2.41 bits per heavy atom. The minimum atomic E-state index is -0.153. The van der Waals surface area contributed by atoms with E-state index in [1.54, 1.807) is 12.3 Å². The van der Waals surface area contributed by atoms with Gasteiger partial charge in [0.25, 0.3) is 0 Å². The summed E-state index contributed by atoms with van der Waals surface area (Å²) in [6.45, 7) is 1.84. The molecule has 0 aromatic carbocycles. The molecule has 0 aliphatic rings. The zero-order valence-electron chi connectivity index (χ0n) is 9.66. The lowest BCUT2D eigenvalue weighted by molar-refractivity contribution is -0.118. The van der Waals surface area contributed by atoms with Gasteiger partial charge < -0.3 is 16.2 Å². The number of amides is 1. The third-order valence-electron chi connectivity index (χ3n) is 2.03.